The highest BCUT2D eigenvalue weighted by molar-refractivity contribution is 5.86. The van der Waals surface area contributed by atoms with Gasteiger partial charge in [-0.25, -0.2) is 4.79 Å². The Morgan fingerprint density at radius 1 is 1.53 bits per heavy atom. The number of carbonyl (C=O) groups is 1. The van der Waals surface area contributed by atoms with Gasteiger partial charge >= 0.3 is 5.97 Å². The molecule has 0 radical (unpaired) electrons. The van der Waals surface area contributed by atoms with E-state index in [1.54, 1.807) is 6.92 Å². The van der Waals surface area contributed by atoms with E-state index in [1.807, 2.05) is 0 Å². The number of carbonyl (C=O) groups excluding carboxylic acids is 1. The van der Waals surface area contributed by atoms with Crippen LogP contribution in [0.25, 0.3) is 0 Å². The van der Waals surface area contributed by atoms with Crippen molar-refractivity contribution in [2.75, 3.05) is 19.8 Å². The fraction of sp³-hybridized carbons (Fsp3) is 0.769. The van der Waals surface area contributed by atoms with Crippen LogP contribution in [0.2, 0.25) is 0 Å². The highest BCUT2D eigenvalue weighted by Crippen LogP contribution is 2.12. The van der Waals surface area contributed by atoms with E-state index in [-0.39, 0.29) is 12.1 Å². The summed E-state index contributed by atoms with van der Waals surface area (Å²) in [5, 5.41) is 0. The van der Waals surface area contributed by atoms with Crippen molar-refractivity contribution in [1.82, 2.24) is 0 Å². The van der Waals surface area contributed by atoms with Gasteiger partial charge in [0.15, 0.2) is 0 Å². The molecule has 1 aliphatic rings. The smallest absolute Gasteiger partial charge is 0.333 e. The van der Waals surface area contributed by atoms with Crippen molar-refractivity contribution < 1.29 is 19.0 Å². The molecule has 0 aromatic heterocycles. The molecule has 1 saturated heterocycles. The molecule has 0 aliphatic carbocycles. The second-order valence-corrected chi connectivity index (χ2v) is 4.51. The van der Waals surface area contributed by atoms with E-state index in [2.05, 4.69) is 13.5 Å². The van der Waals surface area contributed by atoms with E-state index in [1.165, 1.54) is 0 Å². The molecule has 2 unspecified atom stereocenters. The Kier molecular flexibility index (Phi) is 6.22. The van der Waals surface area contributed by atoms with Crippen LogP contribution in [0.5, 0.6) is 0 Å². The van der Waals surface area contributed by atoms with Crippen LogP contribution in [-0.4, -0.2) is 38.0 Å². The first-order valence-electron chi connectivity index (χ1n) is 6.15. The van der Waals surface area contributed by atoms with Crippen molar-refractivity contribution in [3.63, 3.8) is 0 Å². The van der Waals surface area contributed by atoms with E-state index < -0.39 is 0 Å². The van der Waals surface area contributed by atoms with Crippen LogP contribution in [0.3, 0.4) is 0 Å². The molecule has 0 amide bonds. The van der Waals surface area contributed by atoms with Crippen molar-refractivity contribution in [1.29, 1.82) is 0 Å². The van der Waals surface area contributed by atoms with E-state index in [4.69, 9.17) is 14.2 Å². The van der Waals surface area contributed by atoms with Gasteiger partial charge in [0.25, 0.3) is 0 Å². The lowest BCUT2D eigenvalue weighted by Crippen LogP contribution is -2.13. The second kappa shape index (κ2) is 7.45. The average Bonchev–Trinajstić information content (AvgIpc) is 3.09. The van der Waals surface area contributed by atoms with Crippen molar-refractivity contribution in [2.24, 2.45) is 0 Å². The lowest BCUT2D eigenvalue weighted by atomic mass is 10.2. The van der Waals surface area contributed by atoms with Crippen LogP contribution < -0.4 is 0 Å². The Hall–Kier alpha value is -0.870. The molecule has 1 heterocycles. The molecular weight excluding hydrogens is 220 g/mol. The highest BCUT2D eigenvalue weighted by atomic mass is 16.6. The Labute approximate surface area is 103 Å². The molecule has 4 heteroatoms. The zero-order chi connectivity index (χ0) is 12.7. The van der Waals surface area contributed by atoms with Crippen LogP contribution in [0.4, 0.5) is 0 Å². The Bertz CT molecular complexity index is 258. The topological polar surface area (TPSA) is 48.1 Å². The maximum absolute atomic E-state index is 11.1. The predicted octanol–water partition coefficient (Wildman–Crippen LogP) is 2.08. The summed E-state index contributed by atoms with van der Waals surface area (Å²) in [6.45, 7) is 9.23. The normalized spacial score (nSPS) is 19.8. The molecule has 4 nitrogen and oxygen atoms in total. The molecule has 17 heavy (non-hydrogen) atoms. The maximum atomic E-state index is 11.1. The van der Waals surface area contributed by atoms with E-state index in [0.717, 1.165) is 25.9 Å². The third-order valence-electron chi connectivity index (χ3n) is 2.56. The molecule has 1 rings (SSSR count). The third kappa shape index (κ3) is 7.13. The van der Waals surface area contributed by atoms with Gasteiger partial charge in [0.05, 0.1) is 25.9 Å². The summed E-state index contributed by atoms with van der Waals surface area (Å²) in [5.41, 5.74) is 0.450. The molecule has 1 fully saturated rings. The van der Waals surface area contributed by atoms with Crippen molar-refractivity contribution in [2.45, 2.75) is 45.3 Å². The summed E-state index contributed by atoms with van der Waals surface area (Å²) in [7, 11) is 0. The Morgan fingerprint density at radius 3 is 2.82 bits per heavy atom. The fourth-order valence-corrected chi connectivity index (χ4v) is 1.34. The summed E-state index contributed by atoms with van der Waals surface area (Å²) >= 11 is 0. The van der Waals surface area contributed by atoms with Gasteiger partial charge in [-0.15, -0.1) is 0 Å². The second-order valence-electron chi connectivity index (χ2n) is 4.51. The van der Waals surface area contributed by atoms with Gasteiger partial charge in [-0.05, 0) is 33.1 Å². The summed E-state index contributed by atoms with van der Waals surface area (Å²) in [6.07, 6.45) is 3.42. The number of epoxide rings is 1. The molecule has 0 spiro atoms. The van der Waals surface area contributed by atoms with Gasteiger partial charge in [-0.1, -0.05) is 6.58 Å². The van der Waals surface area contributed by atoms with Gasteiger partial charge in [-0.2, -0.15) is 0 Å². The minimum absolute atomic E-state index is 0.246. The van der Waals surface area contributed by atoms with E-state index >= 15 is 0 Å². The molecule has 0 saturated carbocycles. The number of unbranched alkanes of at least 4 members (excludes halogenated alkanes) is 1. The van der Waals surface area contributed by atoms with Gasteiger partial charge in [0.2, 0.25) is 0 Å². The molecule has 98 valence electrons. The van der Waals surface area contributed by atoms with E-state index in [0.29, 0.717) is 24.9 Å². The summed E-state index contributed by atoms with van der Waals surface area (Å²) in [6, 6.07) is 0. The molecular formula is C13H22O4. The quantitative estimate of drug-likeness (QED) is 0.269. The Balaban J connectivity index is 1.88. The monoisotopic (exact) mass is 242 g/mol. The molecule has 0 N–H and O–H groups in total. The SMILES string of the molecule is C=C(C)C(=O)OCCCCC(C)OCC1CO1. The minimum atomic E-state index is -0.305. The summed E-state index contributed by atoms with van der Waals surface area (Å²) < 4.78 is 15.6. The van der Waals surface area contributed by atoms with Crippen LogP contribution in [0.15, 0.2) is 12.2 Å². The lowest BCUT2D eigenvalue weighted by Gasteiger charge is -2.11. The largest absolute Gasteiger partial charge is 0.462 e. The van der Waals surface area contributed by atoms with Gasteiger partial charge < -0.3 is 14.2 Å². The van der Waals surface area contributed by atoms with Crippen LogP contribution >= 0.6 is 0 Å². The highest BCUT2D eigenvalue weighted by Gasteiger charge is 2.23. The standard InChI is InChI=1S/C13H22O4/c1-10(2)13(14)15-7-5-4-6-11(3)16-8-12-9-17-12/h11-12H,1,4-9H2,2-3H3. The predicted molar refractivity (Wildman–Crippen MR) is 64.8 cm³/mol. The zero-order valence-corrected chi connectivity index (χ0v) is 10.7. The molecule has 2 atom stereocenters. The number of ether oxygens (including phenoxy) is 3. The van der Waals surface area contributed by atoms with Crippen molar-refractivity contribution >= 4 is 5.97 Å². The number of rotatable bonds is 9. The first kappa shape index (κ1) is 14.2. The summed E-state index contributed by atoms with van der Waals surface area (Å²) in [4.78, 5) is 11.1. The summed E-state index contributed by atoms with van der Waals surface area (Å²) in [5.74, 6) is -0.305. The fourth-order valence-electron chi connectivity index (χ4n) is 1.34. The van der Waals surface area contributed by atoms with Crippen molar-refractivity contribution in [3.8, 4) is 0 Å². The number of esters is 1. The maximum Gasteiger partial charge on any atom is 0.333 e. The molecule has 1 aliphatic heterocycles. The first-order chi connectivity index (χ1) is 8.09. The minimum Gasteiger partial charge on any atom is -0.462 e. The van der Waals surface area contributed by atoms with Crippen LogP contribution in [0.1, 0.15) is 33.1 Å². The van der Waals surface area contributed by atoms with Crippen molar-refractivity contribution in [3.05, 3.63) is 12.2 Å². The van der Waals surface area contributed by atoms with Gasteiger partial charge in [-0.3, -0.25) is 0 Å². The van der Waals surface area contributed by atoms with Crippen LogP contribution in [-0.2, 0) is 19.0 Å². The number of hydrogen-bond donors (Lipinski definition) is 0. The van der Waals surface area contributed by atoms with E-state index in [9.17, 15) is 4.79 Å². The molecule has 0 bridgehead atoms. The average molecular weight is 242 g/mol. The molecule has 0 aromatic carbocycles. The van der Waals surface area contributed by atoms with Crippen LogP contribution in [0, 0.1) is 0 Å². The third-order valence-corrected chi connectivity index (χ3v) is 2.56. The number of hydrogen-bond acceptors (Lipinski definition) is 4. The first-order valence-corrected chi connectivity index (χ1v) is 6.15. The lowest BCUT2D eigenvalue weighted by molar-refractivity contribution is -0.139. The van der Waals surface area contributed by atoms with Gasteiger partial charge in [0.1, 0.15) is 6.10 Å². The zero-order valence-electron chi connectivity index (χ0n) is 10.7. The Morgan fingerprint density at radius 2 is 2.24 bits per heavy atom. The van der Waals surface area contributed by atoms with Gasteiger partial charge in [0, 0.05) is 5.57 Å². The molecule has 0 aromatic rings.